The summed E-state index contributed by atoms with van der Waals surface area (Å²) in [6.45, 7) is 0.435. The normalized spacial score (nSPS) is 10.4. The lowest BCUT2D eigenvalue weighted by Gasteiger charge is -2.18. The minimum atomic E-state index is -0.473. The SMILES string of the molecule is CN(CCC(=O)N(C)c1nnc(-c2cccnc2)s1)C(=O)OCc1ccccc1. The minimum Gasteiger partial charge on any atom is -0.445 e. The van der Waals surface area contributed by atoms with E-state index in [1.54, 1.807) is 26.5 Å². The third-order valence-corrected chi connectivity index (χ3v) is 5.21. The maximum absolute atomic E-state index is 12.5. The van der Waals surface area contributed by atoms with Crippen molar-refractivity contribution in [1.82, 2.24) is 20.1 Å². The van der Waals surface area contributed by atoms with Gasteiger partial charge in [-0.2, -0.15) is 0 Å². The Morgan fingerprint density at radius 3 is 2.59 bits per heavy atom. The van der Waals surface area contributed by atoms with Crippen molar-refractivity contribution in [3.05, 3.63) is 60.4 Å². The van der Waals surface area contributed by atoms with E-state index >= 15 is 0 Å². The lowest BCUT2D eigenvalue weighted by molar-refractivity contribution is -0.118. The van der Waals surface area contributed by atoms with Crippen LogP contribution in [0, 0.1) is 0 Å². The predicted octanol–water partition coefficient (Wildman–Crippen LogP) is 3.22. The molecule has 2 aromatic heterocycles. The molecule has 0 bridgehead atoms. The molecule has 8 nitrogen and oxygen atoms in total. The molecule has 150 valence electrons. The number of nitrogens with zero attached hydrogens (tertiary/aromatic N) is 5. The minimum absolute atomic E-state index is 0.148. The Morgan fingerprint density at radius 1 is 1.07 bits per heavy atom. The molecule has 0 atom stereocenters. The summed E-state index contributed by atoms with van der Waals surface area (Å²) in [4.78, 5) is 31.4. The van der Waals surface area contributed by atoms with E-state index in [2.05, 4.69) is 15.2 Å². The van der Waals surface area contributed by atoms with Crippen LogP contribution < -0.4 is 4.90 Å². The molecule has 3 aromatic rings. The number of anilines is 1. The van der Waals surface area contributed by atoms with Crippen molar-refractivity contribution >= 4 is 28.5 Å². The van der Waals surface area contributed by atoms with Crippen LogP contribution in [0.2, 0.25) is 0 Å². The molecule has 2 heterocycles. The van der Waals surface area contributed by atoms with Gasteiger partial charge in [0.25, 0.3) is 0 Å². The van der Waals surface area contributed by atoms with E-state index in [1.165, 1.54) is 21.1 Å². The Hall–Kier alpha value is -3.33. The number of rotatable bonds is 7. The van der Waals surface area contributed by atoms with E-state index in [9.17, 15) is 9.59 Å². The third-order valence-electron chi connectivity index (χ3n) is 4.16. The molecule has 0 aliphatic carbocycles. The number of carbonyl (C=O) groups is 2. The molecule has 2 amide bonds. The molecular weight excluding hydrogens is 390 g/mol. The second kappa shape index (κ2) is 9.74. The Labute approximate surface area is 172 Å². The molecule has 0 spiro atoms. The van der Waals surface area contributed by atoms with Crippen molar-refractivity contribution in [3.8, 4) is 10.6 Å². The number of hydrogen-bond donors (Lipinski definition) is 0. The molecular formula is C20H21N5O3S. The topological polar surface area (TPSA) is 88.5 Å². The zero-order valence-corrected chi connectivity index (χ0v) is 17.0. The van der Waals surface area contributed by atoms with Gasteiger partial charge in [-0.3, -0.25) is 14.7 Å². The second-order valence-corrected chi connectivity index (χ2v) is 7.25. The summed E-state index contributed by atoms with van der Waals surface area (Å²) in [6, 6.07) is 13.1. The number of carbonyl (C=O) groups excluding carboxylic acids is 2. The van der Waals surface area contributed by atoms with Crippen LogP contribution in [0.1, 0.15) is 12.0 Å². The number of benzene rings is 1. The summed E-state index contributed by atoms with van der Waals surface area (Å²) >= 11 is 1.31. The Kier molecular flexibility index (Phi) is 6.85. The van der Waals surface area contributed by atoms with Crippen LogP contribution in [0.15, 0.2) is 54.9 Å². The van der Waals surface area contributed by atoms with Gasteiger partial charge in [-0.1, -0.05) is 41.7 Å². The summed E-state index contributed by atoms with van der Waals surface area (Å²) in [7, 11) is 3.25. The average molecular weight is 411 g/mol. The van der Waals surface area contributed by atoms with Gasteiger partial charge in [-0.15, -0.1) is 10.2 Å². The molecule has 0 N–H and O–H groups in total. The first kappa shape index (κ1) is 20.4. The van der Waals surface area contributed by atoms with Gasteiger partial charge in [0, 0.05) is 45.0 Å². The monoisotopic (exact) mass is 411 g/mol. The number of hydrogen-bond acceptors (Lipinski definition) is 7. The van der Waals surface area contributed by atoms with E-state index in [0.29, 0.717) is 10.1 Å². The van der Waals surface area contributed by atoms with Crippen LogP contribution >= 0.6 is 11.3 Å². The molecule has 0 aliphatic heterocycles. The molecule has 0 aliphatic rings. The molecule has 9 heteroatoms. The fourth-order valence-electron chi connectivity index (χ4n) is 2.42. The van der Waals surface area contributed by atoms with Crippen LogP contribution in [-0.4, -0.2) is 52.7 Å². The maximum Gasteiger partial charge on any atom is 0.409 e. The first-order valence-corrected chi connectivity index (χ1v) is 9.78. The lowest BCUT2D eigenvalue weighted by Crippen LogP contribution is -2.33. The quantitative estimate of drug-likeness (QED) is 0.593. The summed E-state index contributed by atoms with van der Waals surface area (Å²) in [5, 5.41) is 9.37. The molecule has 0 fully saturated rings. The number of aromatic nitrogens is 3. The highest BCUT2D eigenvalue weighted by atomic mass is 32.1. The van der Waals surface area contributed by atoms with Gasteiger partial charge in [0.05, 0.1) is 0 Å². The van der Waals surface area contributed by atoms with Gasteiger partial charge in [-0.25, -0.2) is 4.79 Å². The van der Waals surface area contributed by atoms with Gasteiger partial charge in [0.15, 0.2) is 5.01 Å². The van der Waals surface area contributed by atoms with Gasteiger partial charge in [-0.05, 0) is 17.7 Å². The Bertz CT molecular complexity index is 949. The Morgan fingerprint density at radius 2 is 1.86 bits per heavy atom. The highest BCUT2D eigenvalue weighted by molar-refractivity contribution is 7.18. The van der Waals surface area contributed by atoms with Gasteiger partial charge in [0.2, 0.25) is 11.0 Å². The highest BCUT2D eigenvalue weighted by Gasteiger charge is 2.18. The molecule has 1 aromatic carbocycles. The van der Waals surface area contributed by atoms with E-state index in [1.807, 2.05) is 42.5 Å². The molecule has 3 rings (SSSR count). The van der Waals surface area contributed by atoms with E-state index < -0.39 is 6.09 Å². The smallest absolute Gasteiger partial charge is 0.409 e. The fourth-order valence-corrected chi connectivity index (χ4v) is 3.23. The van der Waals surface area contributed by atoms with E-state index in [0.717, 1.165) is 11.1 Å². The van der Waals surface area contributed by atoms with Crippen molar-refractivity contribution in [2.24, 2.45) is 0 Å². The predicted molar refractivity (Wildman–Crippen MR) is 110 cm³/mol. The number of amides is 2. The van der Waals surface area contributed by atoms with Crippen LogP contribution in [0.4, 0.5) is 9.93 Å². The largest absolute Gasteiger partial charge is 0.445 e. The second-order valence-electron chi connectivity index (χ2n) is 6.30. The van der Waals surface area contributed by atoms with Crippen LogP contribution in [-0.2, 0) is 16.1 Å². The highest BCUT2D eigenvalue weighted by Crippen LogP contribution is 2.27. The molecule has 29 heavy (non-hydrogen) atoms. The maximum atomic E-state index is 12.5. The van der Waals surface area contributed by atoms with Gasteiger partial charge < -0.3 is 9.64 Å². The summed E-state index contributed by atoms with van der Waals surface area (Å²) in [6.07, 6.45) is 3.05. The molecule has 0 saturated carbocycles. The molecule has 0 radical (unpaired) electrons. The van der Waals surface area contributed by atoms with Crippen molar-refractivity contribution in [3.63, 3.8) is 0 Å². The van der Waals surface area contributed by atoms with Crippen LogP contribution in [0.25, 0.3) is 10.6 Å². The fraction of sp³-hybridized carbons (Fsp3) is 0.250. The average Bonchev–Trinajstić information content (AvgIpc) is 3.26. The summed E-state index contributed by atoms with van der Waals surface area (Å²) in [5.41, 5.74) is 1.75. The van der Waals surface area contributed by atoms with Gasteiger partial charge >= 0.3 is 6.09 Å². The zero-order chi connectivity index (χ0) is 20.6. The number of pyridine rings is 1. The zero-order valence-electron chi connectivity index (χ0n) is 16.2. The van der Waals surface area contributed by atoms with E-state index in [-0.39, 0.29) is 25.5 Å². The van der Waals surface area contributed by atoms with Crippen molar-refractivity contribution < 1.29 is 14.3 Å². The summed E-state index contributed by atoms with van der Waals surface area (Å²) in [5.74, 6) is -0.165. The molecule has 0 unspecified atom stereocenters. The Balaban J connectivity index is 1.48. The first-order valence-electron chi connectivity index (χ1n) is 8.97. The molecule has 0 saturated heterocycles. The summed E-state index contributed by atoms with van der Waals surface area (Å²) < 4.78 is 5.26. The van der Waals surface area contributed by atoms with Crippen molar-refractivity contribution in [2.75, 3.05) is 25.5 Å². The van der Waals surface area contributed by atoms with E-state index in [4.69, 9.17) is 4.74 Å². The lowest BCUT2D eigenvalue weighted by atomic mass is 10.2. The third kappa shape index (κ3) is 5.58. The number of ether oxygens (including phenoxy) is 1. The van der Waals surface area contributed by atoms with Crippen LogP contribution in [0.3, 0.4) is 0 Å². The van der Waals surface area contributed by atoms with Gasteiger partial charge in [0.1, 0.15) is 6.61 Å². The first-order chi connectivity index (χ1) is 14.0. The van der Waals surface area contributed by atoms with Crippen molar-refractivity contribution in [1.29, 1.82) is 0 Å². The standard InChI is InChI=1S/C20H21N5O3S/c1-24(20(27)28-14-15-7-4-3-5-8-15)12-10-17(26)25(2)19-23-22-18(29-19)16-9-6-11-21-13-16/h3-9,11,13H,10,12,14H2,1-2H3. The van der Waals surface area contributed by atoms with Crippen LogP contribution in [0.5, 0.6) is 0 Å². The van der Waals surface area contributed by atoms with Crippen molar-refractivity contribution in [2.45, 2.75) is 13.0 Å².